The molecule has 1 saturated heterocycles. The van der Waals surface area contributed by atoms with E-state index < -0.39 is 5.51 Å². The molecule has 2 rings (SSSR count). The van der Waals surface area contributed by atoms with Crippen molar-refractivity contribution in [3.63, 3.8) is 0 Å². The largest absolute Gasteiger partial charge is 0.446 e. The zero-order valence-electron chi connectivity index (χ0n) is 9.83. The Morgan fingerprint density at radius 3 is 2.50 bits per heavy atom. The average Bonchev–Trinajstić information content (AvgIpc) is 2.76. The Hall–Kier alpha value is -0.330. The van der Waals surface area contributed by atoms with E-state index in [1.165, 1.54) is 12.1 Å². The summed E-state index contributed by atoms with van der Waals surface area (Å²) in [7, 11) is 0. The lowest BCUT2D eigenvalue weighted by atomic mass is 10.2. The molecule has 1 aliphatic heterocycles. The molecular weight excluding hydrogens is 279 g/mol. The van der Waals surface area contributed by atoms with E-state index in [1.54, 1.807) is 12.1 Å². The first-order chi connectivity index (χ1) is 8.48. The van der Waals surface area contributed by atoms with Crippen molar-refractivity contribution in [2.45, 2.75) is 35.2 Å². The molecule has 0 amide bonds. The average molecular weight is 293 g/mol. The van der Waals surface area contributed by atoms with E-state index in [0.29, 0.717) is 6.04 Å². The Balaban J connectivity index is 2.00. The maximum Gasteiger partial charge on any atom is 0.446 e. The molecule has 0 aromatic heterocycles. The number of alkyl halides is 3. The molecule has 1 aromatic carbocycles. The summed E-state index contributed by atoms with van der Waals surface area (Å²) < 4.78 is 36.6. The van der Waals surface area contributed by atoms with Gasteiger partial charge in [0.1, 0.15) is 0 Å². The van der Waals surface area contributed by atoms with Crippen LogP contribution < -0.4 is 5.32 Å². The smallest absolute Gasteiger partial charge is 0.298 e. The Labute approximate surface area is 113 Å². The molecule has 1 nitrogen and oxygen atoms in total. The van der Waals surface area contributed by atoms with Gasteiger partial charge >= 0.3 is 5.51 Å². The molecule has 0 saturated carbocycles. The number of hydrogen-bond acceptors (Lipinski definition) is 3. The SMILES string of the molecule is CCC1CSC(c2ccc(SC(F)(F)F)cc2)N1. The Morgan fingerprint density at radius 1 is 1.33 bits per heavy atom. The molecule has 2 unspecified atom stereocenters. The van der Waals surface area contributed by atoms with E-state index in [0.717, 1.165) is 17.7 Å². The second-order valence-corrected chi connectivity index (χ2v) is 6.38. The minimum absolute atomic E-state index is 0.0702. The molecule has 1 aliphatic rings. The number of rotatable bonds is 3. The summed E-state index contributed by atoms with van der Waals surface area (Å²) in [4.78, 5) is 0.237. The number of nitrogens with one attached hydrogen (secondary N) is 1. The minimum atomic E-state index is -4.21. The molecule has 0 aliphatic carbocycles. The maximum atomic E-state index is 12.2. The van der Waals surface area contributed by atoms with Crippen molar-refractivity contribution in [1.82, 2.24) is 5.32 Å². The van der Waals surface area contributed by atoms with Crippen LogP contribution in [0.2, 0.25) is 0 Å². The van der Waals surface area contributed by atoms with Gasteiger partial charge in [0.25, 0.3) is 0 Å². The van der Waals surface area contributed by atoms with Crippen molar-refractivity contribution in [3.8, 4) is 0 Å². The summed E-state index contributed by atoms with van der Waals surface area (Å²) >= 11 is 1.74. The van der Waals surface area contributed by atoms with Gasteiger partial charge in [-0.2, -0.15) is 13.2 Å². The van der Waals surface area contributed by atoms with E-state index in [1.807, 2.05) is 11.8 Å². The van der Waals surface area contributed by atoms with Crippen LogP contribution in [0.1, 0.15) is 24.3 Å². The zero-order valence-corrected chi connectivity index (χ0v) is 11.5. The van der Waals surface area contributed by atoms with Crippen LogP contribution in [-0.4, -0.2) is 17.3 Å². The predicted octanol–water partition coefficient (Wildman–Crippen LogP) is 4.41. The summed E-state index contributed by atoms with van der Waals surface area (Å²) in [5.74, 6) is 1.06. The number of benzene rings is 1. The summed E-state index contributed by atoms with van der Waals surface area (Å²) in [6, 6.07) is 7.13. The van der Waals surface area contributed by atoms with E-state index in [-0.39, 0.29) is 22.0 Å². The van der Waals surface area contributed by atoms with E-state index in [2.05, 4.69) is 12.2 Å². The molecule has 18 heavy (non-hydrogen) atoms. The Kier molecular flexibility index (Phi) is 4.50. The molecule has 1 fully saturated rings. The van der Waals surface area contributed by atoms with Gasteiger partial charge < -0.3 is 0 Å². The van der Waals surface area contributed by atoms with Crippen LogP contribution in [0.5, 0.6) is 0 Å². The zero-order chi connectivity index (χ0) is 13.2. The van der Waals surface area contributed by atoms with Gasteiger partial charge in [0.05, 0.1) is 5.37 Å². The Morgan fingerprint density at radius 2 is 2.00 bits per heavy atom. The van der Waals surface area contributed by atoms with Gasteiger partial charge in [-0.15, -0.1) is 11.8 Å². The highest BCUT2D eigenvalue weighted by molar-refractivity contribution is 8.00. The van der Waals surface area contributed by atoms with Crippen LogP contribution >= 0.6 is 23.5 Å². The van der Waals surface area contributed by atoms with Crippen molar-refractivity contribution in [1.29, 1.82) is 0 Å². The van der Waals surface area contributed by atoms with Crippen LogP contribution in [0.15, 0.2) is 29.2 Å². The lowest BCUT2D eigenvalue weighted by Gasteiger charge is -2.13. The molecule has 100 valence electrons. The first kappa shape index (κ1) is 14.1. The summed E-state index contributed by atoms with van der Waals surface area (Å²) in [5.41, 5.74) is -3.17. The van der Waals surface area contributed by atoms with E-state index in [9.17, 15) is 13.2 Å². The fraction of sp³-hybridized carbons (Fsp3) is 0.500. The van der Waals surface area contributed by atoms with Gasteiger partial charge in [-0.3, -0.25) is 5.32 Å². The number of hydrogen-bond donors (Lipinski definition) is 1. The van der Waals surface area contributed by atoms with Gasteiger partial charge in [-0.1, -0.05) is 19.1 Å². The summed E-state index contributed by atoms with van der Waals surface area (Å²) in [5, 5.41) is 3.67. The second-order valence-electron chi connectivity index (χ2n) is 4.10. The van der Waals surface area contributed by atoms with Gasteiger partial charge in [-0.05, 0) is 35.9 Å². The molecule has 0 bridgehead atoms. The monoisotopic (exact) mass is 293 g/mol. The van der Waals surface area contributed by atoms with Gasteiger partial charge in [0.15, 0.2) is 0 Å². The standard InChI is InChI=1S/C12H14F3NS2/c1-2-9-7-17-11(16-9)8-3-5-10(6-4-8)18-12(13,14)15/h3-6,9,11,16H,2,7H2,1H3. The van der Waals surface area contributed by atoms with Crippen molar-refractivity contribution in [2.24, 2.45) is 0 Å². The second kappa shape index (κ2) is 5.75. The third-order valence-corrected chi connectivity index (χ3v) is 4.84. The predicted molar refractivity (Wildman–Crippen MR) is 70.8 cm³/mol. The first-order valence-electron chi connectivity index (χ1n) is 5.71. The highest BCUT2D eigenvalue weighted by Crippen LogP contribution is 2.38. The van der Waals surface area contributed by atoms with Crippen molar-refractivity contribution >= 4 is 23.5 Å². The van der Waals surface area contributed by atoms with Crippen LogP contribution in [-0.2, 0) is 0 Å². The number of thioether (sulfide) groups is 2. The van der Waals surface area contributed by atoms with Crippen LogP contribution in [0.25, 0.3) is 0 Å². The minimum Gasteiger partial charge on any atom is -0.298 e. The van der Waals surface area contributed by atoms with Crippen LogP contribution in [0, 0.1) is 0 Å². The van der Waals surface area contributed by atoms with E-state index >= 15 is 0 Å². The molecule has 1 heterocycles. The third kappa shape index (κ3) is 3.83. The topological polar surface area (TPSA) is 12.0 Å². The highest BCUT2D eigenvalue weighted by atomic mass is 32.2. The first-order valence-corrected chi connectivity index (χ1v) is 7.58. The molecule has 1 aromatic rings. The quantitative estimate of drug-likeness (QED) is 0.829. The lowest BCUT2D eigenvalue weighted by molar-refractivity contribution is -0.0328. The van der Waals surface area contributed by atoms with Crippen molar-refractivity contribution in [3.05, 3.63) is 29.8 Å². The Bertz CT molecular complexity index is 391. The fourth-order valence-electron chi connectivity index (χ4n) is 1.80. The summed E-state index contributed by atoms with van der Waals surface area (Å²) in [6.07, 6.45) is 1.07. The molecule has 2 atom stereocenters. The van der Waals surface area contributed by atoms with Gasteiger partial charge in [0, 0.05) is 16.7 Å². The van der Waals surface area contributed by atoms with Gasteiger partial charge in [0.2, 0.25) is 0 Å². The van der Waals surface area contributed by atoms with E-state index in [4.69, 9.17) is 0 Å². The van der Waals surface area contributed by atoms with Gasteiger partial charge in [-0.25, -0.2) is 0 Å². The van der Waals surface area contributed by atoms with Crippen molar-refractivity contribution in [2.75, 3.05) is 5.75 Å². The van der Waals surface area contributed by atoms with Crippen molar-refractivity contribution < 1.29 is 13.2 Å². The lowest BCUT2D eigenvalue weighted by Crippen LogP contribution is -2.24. The normalized spacial score (nSPS) is 24.4. The molecular formula is C12H14F3NS2. The summed E-state index contributed by atoms with van der Waals surface area (Å²) in [6.45, 7) is 2.13. The maximum absolute atomic E-state index is 12.2. The molecule has 6 heteroatoms. The number of halogens is 3. The molecule has 0 radical (unpaired) electrons. The van der Waals surface area contributed by atoms with Crippen LogP contribution in [0.4, 0.5) is 13.2 Å². The molecule has 1 N–H and O–H groups in total. The molecule has 0 spiro atoms. The fourth-order valence-corrected chi connectivity index (χ4v) is 3.73. The highest BCUT2D eigenvalue weighted by Gasteiger charge is 2.29. The van der Waals surface area contributed by atoms with Crippen LogP contribution in [0.3, 0.4) is 0 Å². The third-order valence-electron chi connectivity index (χ3n) is 2.76.